The summed E-state index contributed by atoms with van der Waals surface area (Å²) in [7, 11) is 0. The first-order valence-corrected chi connectivity index (χ1v) is 8.69. The average molecular weight is 365 g/mol. The summed E-state index contributed by atoms with van der Waals surface area (Å²) >= 11 is 12.4. The second kappa shape index (κ2) is 6.83. The van der Waals surface area contributed by atoms with Crippen LogP contribution >= 0.6 is 23.2 Å². The minimum atomic E-state index is 0.460. The molecule has 0 aliphatic rings. The van der Waals surface area contributed by atoms with Crippen molar-refractivity contribution in [2.45, 2.75) is 6.54 Å². The molecule has 0 saturated carbocycles. The summed E-state index contributed by atoms with van der Waals surface area (Å²) in [5.41, 5.74) is 1.83. The van der Waals surface area contributed by atoms with Gasteiger partial charge in [0.2, 0.25) is 0 Å². The second-order valence-corrected chi connectivity index (χ2v) is 6.70. The Balaban J connectivity index is 1.71. The van der Waals surface area contributed by atoms with E-state index in [9.17, 15) is 0 Å². The molecule has 0 aliphatic carbocycles. The molecule has 4 aromatic rings. The van der Waals surface area contributed by atoms with Crippen molar-refractivity contribution < 1.29 is 0 Å². The molecule has 0 atom stereocenters. The molecule has 0 saturated heterocycles. The Hall–Kier alpha value is -2.42. The molecule has 4 aromatic carbocycles. The molecule has 0 bridgehead atoms. The number of nitrogens with zero attached hydrogens (tertiary/aromatic N) is 2. The van der Waals surface area contributed by atoms with Crippen LogP contribution in [0, 0.1) is 0 Å². The summed E-state index contributed by atoms with van der Waals surface area (Å²) in [5, 5.41) is 14.5. The van der Waals surface area contributed by atoms with Crippen molar-refractivity contribution in [2.75, 3.05) is 0 Å². The third kappa shape index (κ3) is 3.37. The van der Waals surface area contributed by atoms with Crippen molar-refractivity contribution in [3.8, 4) is 0 Å². The lowest BCUT2D eigenvalue weighted by Crippen LogP contribution is -1.85. The lowest BCUT2D eigenvalue weighted by molar-refractivity contribution is 0.970. The number of azo groups is 1. The SMILES string of the molecule is Clc1cc(CN=Nc2cc(Cl)cc3ccccc23)c2ccccc2c1. The zero-order valence-corrected chi connectivity index (χ0v) is 14.8. The van der Waals surface area contributed by atoms with Gasteiger partial charge in [0.1, 0.15) is 0 Å². The van der Waals surface area contributed by atoms with Gasteiger partial charge in [-0.05, 0) is 46.0 Å². The van der Waals surface area contributed by atoms with Crippen molar-refractivity contribution in [2.24, 2.45) is 10.2 Å². The zero-order valence-electron chi connectivity index (χ0n) is 13.3. The molecular formula is C21H14Cl2N2. The highest BCUT2D eigenvalue weighted by molar-refractivity contribution is 6.32. The standard InChI is InChI=1S/C21H14Cl2N2/c22-17-9-14-5-1-3-7-19(14)16(11-17)13-24-25-21-12-18(23)10-15-6-2-4-8-20(15)21/h1-12H,13H2. The van der Waals surface area contributed by atoms with Gasteiger partial charge in [-0.2, -0.15) is 10.2 Å². The average Bonchev–Trinajstić information content (AvgIpc) is 2.61. The zero-order chi connectivity index (χ0) is 17.2. The maximum atomic E-state index is 6.23. The predicted octanol–water partition coefficient (Wildman–Crippen LogP) is 7.58. The Morgan fingerprint density at radius 1 is 0.680 bits per heavy atom. The number of rotatable bonds is 3. The minimum Gasteiger partial charge on any atom is -0.184 e. The van der Waals surface area contributed by atoms with Gasteiger partial charge in [0, 0.05) is 15.4 Å². The summed E-state index contributed by atoms with van der Waals surface area (Å²) in [5.74, 6) is 0. The van der Waals surface area contributed by atoms with Crippen molar-refractivity contribution in [1.82, 2.24) is 0 Å². The van der Waals surface area contributed by atoms with E-state index in [2.05, 4.69) is 16.3 Å². The normalized spacial score (nSPS) is 11.6. The van der Waals surface area contributed by atoms with Gasteiger partial charge in [0.25, 0.3) is 0 Å². The molecule has 4 heteroatoms. The van der Waals surface area contributed by atoms with E-state index in [-0.39, 0.29) is 0 Å². The molecule has 0 aromatic heterocycles. The molecule has 0 spiro atoms. The molecule has 25 heavy (non-hydrogen) atoms. The van der Waals surface area contributed by atoms with Crippen LogP contribution < -0.4 is 0 Å². The molecule has 0 amide bonds. The first-order valence-electron chi connectivity index (χ1n) is 7.94. The van der Waals surface area contributed by atoms with Gasteiger partial charge in [-0.15, -0.1) is 0 Å². The van der Waals surface area contributed by atoms with Crippen LogP contribution in [0.15, 0.2) is 83.0 Å². The third-order valence-electron chi connectivity index (χ3n) is 4.14. The van der Waals surface area contributed by atoms with Gasteiger partial charge in [-0.1, -0.05) is 71.7 Å². The van der Waals surface area contributed by atoms with Gasteiger partial charge in [0.05, 0.1) is 12.2 Å². The highest BCUT2D eigenvalue weighted by atomic mass is 35.5. The van der Waals surface area contributed by atoms with Gasteiger partial charge in [0.15, 0.2) is 0 Å². The van der Waals surface area contributed by atoms with Gasteiger partial charge in [-0.3, -0.25) is 0 Å². The summed E-state index contributed by atoms with van der Waals surface area (Å²) in [6.07, 6.45) is 0. The van der Waals surface area contributed by atoms with Crippen LogP contribution in [-0.4, -0.2) is 0 Å². The van der Waals surface area contributed by atoms with Gasteiger partial charge >= 0.3 is 0 Å². The van der Waals surface area contributed by atoms with Crippen LogP contribution in [0.4, 0.5) is 5.69 Å². The van der Waals surface area contributed by atoms with E-state index in [1.54, 1.807) is 0 Å². The van der Waals surface area contributed by atoms with E-state index >= 15 is 0 Å². The van der Waals surface area contributed by atoms with Crippen molar-refractivity contribution >= 4 is 50.4 Å². The summed E-state index contributed by atoms with van der Waals surface area (Å²) < 4.78 is 0. The number of halogens is 2. The minimum absolute atomic E-state index is 0.460. The quantitative estimate of drug-likeness (QED) is 0.334. The van der Waals surface area contributed by atoms with E-state index in [1.807, 2.05) is 66.7 Å². The van der Waals surface area contributed by atoms with Crippen LogP contribution in [0.25, 0.3) is 21.5 Å². The number of benzene rings is 4. The van der Waals surface area contributed by atoms with Crippen molar-refractivity contribution in [3.63, 3.8) is 0 Å². The fraction of sp³-hybridized carbons (Fsp3) is 0.0476. The predicted molar refractivity (Wildman–Crippen MR) is 106 cm³/mol. The largest absolute Gasteiger partial charge is 0.184 e. The number of hydrogen-bond donors (Lipinski definition) is 0. The number of fused-ring (bicyclic) bond motifs is 2. The fourth-order valence-corrected chi connectivity index (χ4v) is 3.48. The highest BCUT2D eigenvalue weighted by Gasteiger charge is 2.04. The third-order valence-corrected chi connectivity index (χ3v) is 4.57. The number of hydrogen-bond acceptors (Lipinski definition) is 2. The highest BCUT2D eigenvalue weighted by Crippen LogP contribution is 2.31. The topological polar surface area (TPSA) is 24.7 Å². The fourth-order valence-electron chi connectivity index (χ4n) is 3.01. The van der Waals surface area contributed by atoms with Crippen LogP contribution in [0.2, 0.25) is 10.0 Å². The van der Waals surface area contributed by atoms with Gasteiger partial charge in [-0.25, -0.2) is 0 Å². The van der Waals surface area contributed by atoms with E-state index in [4.69, 9.17) is 23.2 Å². The lowest BCUT2D eigenvalue weighted by atomic mass is 10.0. The summed E-state index contributed by atoms with van der Waals surface area (Å²) in [6, 6.07) is 23.8. The Kier molecular flexibility index (Phi) is 4.39. The molecular weight excluding hydrogens is 351 g/mol. The molecule has 2 nitrogen and oxygen atoms in total. The van der Waals surface area contributed by atoms with E-state index in [0.717, 1.165) is 32.8 Å². The molecule has 4 rings (SSSR count). The first kappa shape index (κ1) is 16.1. The van der Waals surface area contributed by atoms with Crippen molar-refractivity contribution in [1.29, 1.82) is 0 Å². The van der Waals surface area contributed by atoms with Crippen LogP contribution in [0.5, 0.6) is 0 Å². The lowest BCUT2D eigenvalue weighted by Gasteiger charge is -2.05. The maximum absolute atomic E-state index is 6.23. The van der Waals surface area contributed by atoms with E-state index < -0.39 is 0 Å². The summed E-state index contributed by atoms with van der Waals surface area (Å²) in [4.78, 5) is 0. The first-order chi connectivity index (χ1) is 12.2. The van der Waals surface area contributed by atoms with Crippen LogP contribution in [0.3, 0.4) is 0 Å². The Bertz CT molecular complexity index is 1100. The molecule has 0 heterocycles. The second-order valence-electron chi connectivity index (χ2n) is 5.83. The smallest absolute Gasteiger partial charge is 0.0945 e. The Morgan fingerprint density at radius 2 is 1.28 bits per heavy atom. The molecule has 122 valence electrons. The van der Waals surface area contributed by atoms with Crippen molar-refractivity contribution in [3.05, 3.63) is 88.4 Å². The maximum Gasteiger partial charge on any atom is 0.0945 e. The Morgan fingerprint density at radius 3 is 2.04 bits per heavy atom. The molecule has 0 radical (unpaired) electrons. The molecule has 0 aliphatic heterocycles. The van der Waals surface area contributed by atoms with E-state index in [1.165, 1.54) is 0 Å². The summed E-state index contributed by atoms with van der Waals surface area (Å²) in [6.45, 7) is 0.460. The van der Waals surface area contributed by atoms with Crippen LogP contribution in [0.1, 0.15) is 5.56 Å². The van der Waals surface area contributed by atoms with Crippen LogP contribution in [-0.2, 0) is 6.54 Å². The van der Waals surface area contributed by atoms with Gasteiger partial charge < -0.3 is 0 Å². The van der Waals surface area contributed by atoms with E-state index in [0.29, 0.717) is 16.6 Å². The molecule has 0 fully saturated rings. The Labute approximate surface area is 155 Å². The molecule has 0 unspecified atom stereocenters. The molecule has 0 N–H and O–H groups in total. The monoisotopic (exact) mass is 364 g/mol.